The van der Waals surface area contributed by atoms with Crippen LogP contribution in [0.1, 0.15) is 36.1 Å². The Kier molecular flexibility index (Phi) is 5.03. The number of hydrogen-bond acceptors (Lipinski definition) is 6. The Bertz CT molecular complexity index is 1210. The molecule has 9 heteroatoms. The lowest BCUT2D eigenvalue weighted by atomic mass is 9.86. The van der Waals surface area contributed by atoms with E-state index >= 15 is 0 Å². The van der Waals surface area contributed by atoms with Gasteiger partial charge in [-0.1, -0.05) is 0 Å². The van der Waals surface area contributed by atoms with E-state index in [1.807, 2.05) is 12.1 Å². The van der Waals surface area contributed by atoms with Gasteiger partial charge in [-0.25, -0.2) is 4.68 Å². The second-order valence-corrected chi connectivity index (χ2v) is 7.12. The summed E-state index contributed by atoms with van der Waals surface area (Å²) in [5.41, 5.74) is 2.23. The number of esters is 1. The molecule has 1 aliphatic heterocycles. The van der Waals surface area contributed by atoms with Crippen LogP contribution in [0.5, 0.6) is 5.75 Å². The summed E-state index contributed by atoms with van der Waals surface area (Å²) in [6.07, 6.45) is 0.115. The number of anilines is 1. The van der Waals surface area contributed by atoms with Crippen LogP contribution < -0.4 is 15.6 Å². The third-order valence-corrected chi connectivity index (χ3v) is 5.21. The van der Waals surface area contributed by atoms with Gasteiger partial charge in [0.25, 0.3) is 5.56 Å². The summed E-state index contributed by atoms with van der Waals surface area (Å²) in [5, 5.41) is 8.03. The topological polar surface area (TPSA) is 115 Å². The Labute approximate surface area is 172 Å². The molecule has 0 saturated carbocycles. The molecule has 1 aromatic carbocycles. The average Bonchev–Trinajstić information content (AvgIpc) is 3.01. The molecular formula is C21H22N4O5. The number of carbonyl (C=O) groups is 2. The predicted octanol–water partition coefficient (Wildman–Crippen LogP) is 2.08. The predicted molar refractivity (Wildman–Crippen MR) is 110 cm³/mol. The number of methoxy groups -OCH3 is 1. The van der Waals surface area contributed by atoms with E-state index in [0.29, 0.717) is 28.3 Å². The van der Waals surface area contributed by atoms with Crippen LogP contribution >= 0.6 is 0 Å². The first-order chi connectivity index (χ1) is 14.4. The Morgan fingerprint density at radius 1 is 1.30 bits per heavy atom. The Morgan fingerprint density at radius 2 is 2.10 bits per heavy atom. The molecule has 3 heterocycles. The smallest absolute Gasteiger partial charge is 0.327 e. The molecular weight excluding hydrogens is 388 g/mol. The minimum Gasteiger partial charge on any atom is -0.497 e. The van der Waals surface area contributed by atoms with Crippen molar-refractivity contribution in [1.82, 2.24) is 14.8 Å². The number of rotatable bonds is 5. The van der Waals surface area contributed by atoms with Crippen LogP contribution in [-0.4, -0.2) is 40.4 Å². The number of ether oxygens (including phenoxy) is 2. The summed E-state index contributed by atoms with van der Waals surface area (Å²) in [5.74, 6) is -0.0966. The molecule has 0 unspecified atom stereocenters. The van der Waals surface area contributed by atoms with Crippen molar-refractivity contribution in [3.05, 3.63) is 51.4 Å². The van der Waals surface area contributed by atoms with Gasteiger partial charge in [0.05, 0.1) is 24.9 Å². The highest BCUT2D eigenvalue weighted by Gasteiger charge is 2.34. The third kappa shape index (κ3) is 3.42. The highest BCUT2D eigenvalue weighted by molar-refractivity contribution is 5.95. The average molecular weight is 410 g/mol. The van der Waals surface area contributed by atoms with Gasteiger partial charge in [-0.05, 0) is 37.4 Å². The number of aromatic nitrogens is 3. The van der Waals surface area contributed by atoms with E-state index in [4.69, 9.17) is 9.47 Å². The zero-order valence-corrected chi connectivity index (χ0v) is 16.9. The molecule has 0 spiro atoms. The van der Waals surface area contributed by atoms with Crippen molar-refractivity contribution < 1.29 is 19.1 Å². The number of carbonyl (C=O) groups excluding carboxylic acids is 2. The van der Waals surface area contributed by atoms with Crippen LogP contribution in [0.25, 0.3) is 10.9 Å². The quantitative estimate of drug-likeness (QED) is 0.622. The molecule has 0 bridgehead atoms. The maximum absolute atomic E-state index is 12.9. The number of hydrogen-bond donors (Lipinski definition) is 2. The van der Waals surface area contributed by atoms with Crippen LogP contribution in [0.2, 0.25) is 0 Å². The van der Waals surface area contributed by atoms with Crippen molar-refractivity contribution in [2.24, 2.45) is 0 Å². The van der Waals surface area contributed by atoms with Gasteiger partial charge >= 0.3 is 5.97 Å². The van der Waals surface area contributed by atoms with Crippen molar-refractivity contribution in [1.29, 1.82) is 0 Å². The summed E-state index contributed by atoms with van der Waals surface area (Å²) < 4.78 is 11.6. The molecule has 2 N–H and O–H groups in total. The number of aryl methyl sites for hydroxylation is 1. The van der Waals surface area contributed by atoms with Gasteiger partial charge in [0.2, 0.25) is 5.91 Å². The standard InChI is InChI=1S/C21H22N4O5/c1-4-30-18(27)10-25-20-19(11(2)24-25)14(9-17(26)23-20)15-7-12-5-6-13(29-3)8-16(12)22-21(15)28/h5-8,14H,4,9-10H2,1-3H3,(H,22,28)(H,23,26)/t14-/m1/s1. The molecule has 156 valence electrons. The zero-order chi connectivity index (χ0) is 21.4. The lowest BCUT2D eigenvalue weighted by Gasteiger charge is -2.24. The highest BCUT2D eigenvalue weighted by atomic mass is 16.5. The van der Waals surface area contributed by atoms with Crippen LogP contribution in [0.3, 0.4) is 0 Å². The molecule has 0 fully saturated rings. The third-order valence-electron chi connectivity index (χ3n) is 5.21. The number of nitrogens with zero attached hydrogens (tertiary/aromatic N) is 2. The SMILES string of the molecule is CCOC(=O)Cn1nc(C)c2c1NC(=O)C[C@@H]2c1cc2ccc(OC)cc2[nH]c1=O. The first kappa shape index (κ1) is 19.7. The molecule has 4 rings (SSSR count). The van der Waals surface area contributed by atoms with E-state index in [-0.39, 0.29) is 31.0 Å². The van der Waals surface area contributed by atoms with Gasteiger partial charge in [-0.15, -0.1) is 0 Å². The molecule has 1 aliphatic rings. The van der Waals surface area contributed by atoms with Crippen molar-refractivity contribution in [2.45, 2.75) is 32.7 Å². The van der Waals surface area contributed by atoms with Gasteiger partial charge < -0.3 is 19.8 Å². The first-order valence-corrected chi connectivity index (χ1v) is 9.65. The fourth-order valence-electron chi connectivity index (χ4n) is 3.91. The number of amides is 1. The number of fused-ring (bicyclic) bond motifs is 2. The van der Waals surface area contributed by atoms with Gasteiger partial charge in [-0.2, -0.15) is 5.10 Å². The van der Waals surface area contributed by atoms with E-state index in [1.54, 1.807) is 33.1 Å². The lowest BCUT2D eigenvalue weighted by Crippen LogP contribution is -2.29. The van der Waals surface area contributed by atoms with Gasteiger partial charge in [0.15, 0.2) is 0 Å². The molecule has 0 aliphatic carbocycles. The second-order valence-electron chi connectivity index (χ2n) is 7.12. The number of aromatic amines is 1. The highest BCUT2D eigenvalue weighted by Crippen LogP contribution is 2.38. The number of pyridine rings is 1. The van der Waals surface area contributed by atoms with Gasteiger partial charge in [0, 0.05) is 29.5 Å². The van der Waals surface area contributed by atoms with Gasteiger partial charge in [-0.3, -0.25) is 14.4 Å². The normalized spacial score (nSPS) is 15.6. The van der Waals surface area contributed by atoms with Crippen molar-refractivity contribution >= 4 is 28.6 Å². The molecule has 1 amide bonds. The molecule has 30 heavy (non-hydrogen) atoms. The van der Waals surface area contributed by atoms with E-state index in [9.17, 15) is 14.4 Å². The summed E-state index contributed by atoms with van der Waals surface area (Å²) in [6, 6.07) is 7.21. The molecule has 0 saturated heterocycles. The minimum absolute atomic E-state index is 0.115. The largest absolute Gasteiger partial charge is 0.497 e. The summed E-state index contributed by atoms with van der Waals surface area (Å²) in [6.45, 7) is 3.66. The molecule has 3 aromatic rings. The zero-order valence-electron chi connectivity index (χ0n) is 16.9. The van der Waals surface area contributed by atoms with E-state index in [1.165, 1.54) is 4.68 Å². The second kappa shape index (κ2) is 7.66. The van der Waals surface area contributed by atoms with Crippen LogP contribution in [0.15, 0.2) is 29.1 Å². The Balaban J connectivity index is 1.81. The van der Waals surface area contributed by atoms with Crippen LogP contribution in [-0.2, 0) is 20.9 Å². The molecule has 2 aromatic heterocycles. The van der Waals surface area contributed by atoms with E-state index in [0.717, 1.165) is 10.9 Å². The van der Waals surface area contributed by atoms with Crippen molar-refractivity contribution in [2.75, 3.05) is 19.0 Å². The van der Waals surface area contributed by atoms with Crippen LogP contribution in [0, 0.1) is 6.92 Å². The maximum atomic E-state index is 12.9. The number of H-pyrrole nitrogens is 1. The minimum atomic E-state index is -0.472. The fourth-order valence-corrected chi connectivity index (χ4v) is 3.91. The molecule has 9 nitrogen and oxygen atoms in total. The molecule has 1 atom stereocenters. The summed E-state index contributed by atoms with van der Waals surface area (Å²) >= 11 is 0. The summed E-state index contributed by atoms with van der Waals surface area (Å²) in [7, 11) is 1.56. The van der Waals surface area contributed by atoms with Crippen molar-refractivity contribution in [3.8, 4) is 5.75 Å². The van der Waals surface area contributed by atoms with E-state index in [2.05, 4.69) is 15.4 Å². The van der Waals surface area contributed by atoms with Gasteiger partial charge in [0.1, 0.15) is 18.1 Å². The van der Waals surface area contributed by atoms with E-state index < -0.39 is 11.9 Å². The fraction of sp³-hybridized carbons (Fsp3) is 0.333. The number of benzene rings is 1. The maximum Gasteiger partial charge on any atom is 0.327 e. The van der Waals surface area contributed by atoms with Crippen molar-refractivity contribution in [3.63, 3.8) is 0 Å². The lowest BCUT2D eigenvalue weighted by molar-refractivity contribution is -0.144. The Morgan fingerprint density at radius 3 is 2.83 bits per heavy atom. The monoisotopic (exact) mass is 410 g/mol. The first-order valence-electron chi connectivity index (χ1n) is 9.65. The number of nitrogens with one attached hydrogen (secondary N) is 2. The molecule has 0 radical (unpaired) electrons. The van der Waals surface area contributed by atoms with Crippen LogP contribution in [0.4, 0.5) is 5.82 Å². The summed E-state index contributed by atoms with van der Waals surface area (Å²) in [4.78, 5) is 40.2. The Hall–Kier alpha value is -3.62.